The lowest BCUT2D eigenvalue weighted by molar-refractivity contribution is -0.527. The van der Waals surface area contributed by atoms with E-state index in [1.807, 2.05) is 18.2 Å². The van der Waals surface area contributed by atoms with Crippen LogP contribution in [-0.2, 0) is 13.0 Å². The van der Waals surface area contributed by atoms with E-state index >= 15 is 0 Å². The molecule has 0 bridgehead atoms. The Morgan fingerprint density at radius 3 is 3.06 bits per heavy atom. The first-order valence-corrected chi connectivity index (χ1v) is 5.72. The number of hydrogen-bond donors (Lipinski definition) is 0. The number of fused-ring (bicyclic) bond motifs is 1. The smallest absolute Gasteiger partial charge is 0.232 e. The summed E-state index contributed by atoms with van der Waals surface area (Å²) in [6, 6.07) is 4.95. The summed E-state index contributed by atoms with van der Waals surface area (Å²) in [5.41, 5.74) is 0.692. The second-order valence-corrected chi connectivity index (χ2v) is 4.23. The Balaban J connectivity index is 1.92. The minimum absolute atomic E-state index is 0.245. The molecule has 1 unspecified atom stereocenters. The van der Waals surface area contributed by atoms with Gasteiger partial charge in [-0.1, -0.05) is 6.07 Å². The molecule has 18 heavy (non-hydrogen) atoms. The molecular weight excluding hydrogens is 234 g/mol. The quantitative estimate of drug-likeness (QED) is 0.580. The van der Waals surface area contributed by atoms with Crippen molar-refractivity contribution in [2.45, 2.75) is 25.4 Å². The molecule has 0 amide bonds. The maximum atomic E-state index is 10.8. The lowest BCUT2D eigenvalue weighted by atomic mass is 10.1. The van der Waals surface area contributed by atoms with E-state index < -0.39 is 6.04 Å². The standard InChI is InChI=1S/C11H11N5O2/c17-16(18)8-4-5-10-13-11(14-15(10)7-8)9-3-1-2-6-12-9/h1-3,6,8H,4-5,7H2. The van der Waals surface area contributed by atoms with Crippen LogP contribution in [-0.4, -0.2) is 30.7 Å². The zero-order chi connectivity index (χ0) is 12.5. The van der Waals surface area contributed by atoms with Crippen LogP contribution in [0.4, 0.5) is 0 Å². The van der Waals surface area contributed by atoms with E-state index in [0.717, 1.165) is 5.82 Å². The predicted molar refractivity (Wildman–Crippen MR) is 62.4 cm³/mol. The molecule has 1 aliphatic rings. The van der Waals surface area contributed by atoms with Crippen molar-refractivity contribution >= 4 is 0 Å². The van der Waals surface area contributed by atoms with Gasteiger partial charge >= 0.3 is 0 Å². The second-order valence-electron chi connectivity index (χ2n) is 4.23. The van der Waals surface area contributed by atoms with Gasteiger partial charge in [-0.05, 0) is 12.1 Å². The van der Waals surface area contributed by atoms with Crippen molar-refractivity contribution in [3.8, 4) is 11.5 Å². The van der Waals surface area contributed by atoms with Gasteiger partial charge < -0.3 is 0 Å². The Hall–Kier alpha value is -2.31. The molecule has 0 radical (unpaired) electrons. The summed E-state index contributed by atoms with van der Waals surface area (Å²) >= 11 is 0. The number of nitrogens with zero attached hydrogens (tertiary/aromatic N) is 5. The highest BCUT2D eigenvalue weighted by molar-refractivity contribution is 5.47. The molecule has 0 saturated carbocycles. The highest BCUT2D eigenvalue weighted by Gasteiger charge is 2.29. The van der Waals surface area contributed by atoms with Gasteiger partial charge in [0.1, 0.15) is 18.1 Å². The van der Waals surface area contributed by atoms with Crippen molar-refractivity contribution in [1.82, 2.24) is 19.7 Å². The fraction of sp³-hybridized carbons (Fsp3) is 0.364. The molecule has 0 aliphatic carbocycles. The molecule has 7 nitrogen and oxygen atoms in total. The van der Waals surface area contributed by atoms with Crippen LogP contribution in [0.1, 0.15) is 12.2 Å². The molecule has 1 atom stereocenters. The van der Waals surface area contributed by atoms with Crippen LogP contribution in [0, 0.1) is 10.1 Å². The third kappa shape index (κ3) is 1.83. The maximum Gasteiger partial charge on any atom is 0.232 e. The fourth-order valence-electron chi connectivity index (χ4n) is 2.07. The number of nitro groups is 1. The van der Waals surface area contributed by atoms with Crippen molar-refractivity contribution in [2.75, 3.05) is 0 Å². The van der Waals surface area contributed by atoms with Gasteiger partial charge in [0.25, 0.3) is 0 Å². The lowest BCUT2D eigenvalue weighted by Crippen LogP contribution is -2.31. The van der Waals surface area contributed by atoms with Gasteiger partial charge in [0.2, 0.25) is 6.04 Å². The van der Waals surface area contributed by atoms with Gasteiger partial charge in [-0.3, -0.25) is 15.1 Å². The average Bonchev–Trinajstić information content (AvgIpc) is 2.82. The highest BCUT2D eigenvalue weighted by Crippen LogP contribution is 2.19. The number of aryl methyl sites for hydroxylation is 1. The molecule has 0 N–H and O–H groups in total. The average molecular weight is 245 g/mol. The van der Waals surface area contributed by atoms with Crippen LogP contribution in [0.25, 0.3) is 11.5 Å². The minimum atomic E-state index is -0.559. The first kappa shape index (κ1) is 10.8. The van der Waals surface area contributed by atoms with Crippen LogP contribution < -0.4 is 0 Å². The molecule has 3 rings (SSSR count). The van der Waals surface area contributed by atoms with Crippen molar-refractivity contribution < 1.29 is 4.92 Å². The molecule has 0 spiro atoms. The van der Waals surface area contributed by atoms with Gasteiger partial charge in [-0.25, -0.2) is 9.67 Å². The second kappa shape index (κ2) is 4.17. The monoisotopic (exact) mass is 245 g/mol. The molecular formula is C11H11N5O2. The normalized spacial score (nSPS) is 18.3. The summed E-state index contributed by atoms with van der Waals surface area (Å²) in [6.45, 7) is 0.294. The molecule has 0 aromatic carbocycles. The minimum Gasteiger partial charge on any atom is -0.264 e. The predicted octanol–water partition coefficient (Wildman–Crippen LogP) is 0.932. The zero-order valence-corrected chi connectivity index (χ0v) is 9.56. The molecule has 3 heterocycles. The number of aromatic nitrogens is 4. The Morgan fingerprint density at radius 1 is 1.44 bits per heavy atom. The summed E-state index contributed by atoms with van der Waals surface area (Å²) in [7, 11) is 0. The van der Waals surface area contributed by atoms with Crippen LogP contribution in [0.3, 0.4) is 0 Å². The summed E-state index contributed by atoms with van der Waals surface area (Å²) in [5, 5.41) is 15.1. The van der Waals surface area contributed by atoms with E-state index in [9.17, 15) is 10.1 Å². The fourth-order valence-corrected chi connectivity index (χ4v) is 2.07. The molecule has 2 aromatic heterocycles. The number of pyridine rings is 1. The number of rotatable bonds is 2. The third-order valence-corrected chi connectivity index (χ3v) is 3.03. The summed E-state index contributed by atoms with van der Waals surface area (Å²) in [5.74, 6) is 1.34. The maximum absolute atomic E-state index is 10.8. The van der Waals surface area contributed by atoms with Gasteiger partial charge in [-0.15, -0.1) is 5.10 Å². The van der Waals surface area contributed by atoms with Gasteiger partial charge in [0, 0.05) is 24.0 Å². The molecule has 0 fully saturated rings. The highest BCUT2D eigenvalue weighted by atomic mass is 16.6. The Morgan fingerprint density at radius 2 is 2.33 bits per heavy atom. The van der Waals surface area contributed by atoms with Crippen molar-refractivity contribution in [3.63, 3.8) is 0 Å². The van der Waals surface area contributed by atoms with Gasteiger partial charge in [0.05, 0.1) is 0 Å². The van der Waals surface area contributed by atoms with Crippen LogP contribution in [0.15, 0.2) is 24.4 Å². The Labute approximate surface area is 103 Å². The van der Waals surface area contributed by atoms with E-state index in [-0.39, 0.29) is 4.92 Å². The first-order chi connectivity index (χ1) is 8.74. The SMILES string of the molecule is O=[N+]([O-])C1CCc2nc(-c3ccccn3)nn2C1. The number of hydrogen-bond acceptors (Lipinski definition) is 5. The molecule has 92 valence electrons. The Kier molecular flexibility index (Phi) is 2.51. The first-order valence-electron chi connectivity index (χ1n) is 5.72. The molecule has 0 saturated heterocycles. The zero-order valence-electron chi connectivity index (χ0n) is 9.56. The van der Waals surface area contributed by atoms with Crippen LogP contribution >= 0.6 is 0 Å². The van der Waals surface area contributed by atoms with Crippen LogP contribution in [0.5, 0.6) is 0 Å². The molecule has 2 aromatic rings. The lowest BCUT2D eigenvalue weighted by Gasteiger charge is -2.15. The summed E-state index contributed by atoms with van der Waals surface area (Å²) in [6.07, 6.45) is 2.79. The van der Waals surface area contributed by atoms with Crippen molar-refractivity contribution in [1.29, 1.82) is 0 Å². The van der Waals surface area contributed by atoms with E-state index in [4.69, 9.17) is 0 Å². The van der Waals surface area contributed by atoms with Gasteiger partial charge in [0.15, 0.2) is 5.82 Å². The van der Waals surface area contributed by atoms with Crippen molar-refractivity contribution in [3.05, 3.63) is 40.3 Å². The van der Waals surface area contributed by atoms with E-state index in [1.54, 1.807) is 10.9 Å². The Bertz CT molecular complexity index is 580. The summed E-state index contributed by atoms with van der Waals surface area (Å²) in [4.78, 5) is 19.1. The van der Waals surface area contributed by atoms with E-state index in [0.29, 0.717) is 30.9 Å². The van der Waals surface area contributed by atoms with E-state index in [2.05, 4.69) is 15.1 Å². The van der Waals surface area contributed by atoms with Crippen molar-refractivity contribution in [2.24, 2.45) is 0 Å². The molecule has 7 heteroatoms. The third-order valence-electron chi connectivity index (χ3n) is 3.03. The largest absolute Gasteiger partial charge is 0.264 e. The van der Waals surface area contributed by atoms with Crippen LogP contribution in [0.2, 0.25) is 0 Å². The van der Waals surface area contributed by atoms with Gasteiger partial charge in [-0.2, -0.15) is 0 Å². The topological polar surface area (TPSA) is 86.7 Å². The van der Waals surface area contributed by atoms with E-state index in [1.165, 1.54) is 0 Å². The summed E-state index contributed by atoms with van der Waals surface area (Å²) < 4.78 is 1.63. The molecule has 1 aliphatic heterocycles.